The van der Waals surface area contributed by atoms with Crippen molar-refractivity contribution in [2.45, 2.75) is 12.8 Å². The van der Waals surface area contributed by atoms with Gasteiger partial charge in [-0.3, -0.25) is 4.79 Å². The van der Waals surface area contributed by atoms with E-state index in [-0.39, 0.29) is 5.91 Å². The topological polar surface area (TPSA) is 55.6 Å². The second-order valence-electron chi connectivity index (χ2n) is 5.14. The minimum absolute atomic E-state index is 0.0135. The number of hydrogen-bond donors (Lipinski definition) is 1. The molecule has 108 valence electrons. The first-order chi connectivity index (χ1) is 10.2. The van der Waals surface area contributed by atoms with E-state index >= 15 is 0 Å². The van der Waals surface area contributed by atoms with E-state index in [2.05, 4.69) is 0 Å². The molecule has 1 amide bonds. The van der Waals surface area contributed by atoms with E-state index in [1.165, 1.54) is 0 Å². The van der Waals surface area contributed by atoms with Gasteiger partial charge < -0.3 is 15.4 Å². The lowest BCUT2D eigenvalue weighted by Crippen LogP contribution is -2.35. The Morgan fingerprint density at radius 3 is 2.86 bits per heavy atom. The summed E-state index contributed by atoms with van der Waals surface area (Å²) in [6.45, 7) is 0.715. The van der Waals surface area contributed by atoms with E-state index in [9.17, 15) is 4.79 Å². The minimum Gasteiger partial charge on any atom is -0.497 e. The summed E-state index contributed by atoms with van der Waals surface area (Å²) in [6, 6.07) is 13.0. The summed E-state index contributed by atoms with van der Waals surface area (Å²) in [5.74, 6) is 0.672. The summed E-state index contributed by atoms with van der Waals surface area (Å²) in [5, 5.41) is 0. The molecule has 1 heterocycles. The SMILES string of the molecule is COc1cccc(C(=O)N2CCCc3c(N)cccc32)c1. The van der Waals surface area contributed by atoms with Crippen LogP contribution >= 0.6 is 0 Å². The average molecular weight is 282 g/mol. The molecule has 3 rings (SSSR count). The molecule has 1 aliphatic heterocycles. The monoisotopic (exact) mass is 282 g/mol. The molecule has 0 saturated carbocycles. The highest BCUT2D eigenvalue weighted by molar-refractivity contribution is 6.07. The number of hydrogen-bond acceptors (Lipinski definition) is 3. The van der Waals surface area contributed by atoms with Crippen molar-refractivity contribution in [1.29, 1.82) is 0 Å². The maximum Gasteiger partial charge on any atom is 0.258 e. The first-order valence-electron chi connectivity index (χ1n) is 7.04. The predicted octanol–water partition coefficient (Wildman–Crippen LogP) is 2.87. The molecule has 0 saturated heterocycles. The quantitative estimate of drug-likeness (QED) is 0.862. The van der Waals surface area contributed by atoms with Crippen LogP contribution in [0.1, 0.15) is 22.3 Å². The molecular formula is C17H18N2O2. The van der Waals surface area contributed by atoms with Gasteiger partial charge in [-0.05, 0) is 48.7 Å². The van der Waals surface area contributed by atoms with Crippen LogP contribution < -0.4 is 15.4 Å². The smallest absolute Gasteiger partial charge is 0.258 e. The van der Waals surface area contributed by atoms with Crippen LogP contribution in [-0.2, 0) is 6.42 Å². The minimum atomic E-state index is -0.0135. The number of methoxy groups -OCH3 is 1. The molecule has 2 N–H and O–H groups in total. The summed E-state index contributed by atoms with van der Waals surface area (Å²) in [4.78, 5) is 14.6. The van der Waals surface area contributed by atoms with E-state index in [0.29, 0.717) is 17.9 Å². The fraction of sp³-hybridized carbons (Fsp3) is 0.235. The fourth-order valence-electron chi connectivity index (χ4n) is 2.77. The van der Waals surface area contributed by atoms with Crippen LogP contribution in [0.15, 0.2) is 42.5 Å². The van der Waals surface area contributed by atoms with Crippen molar-refractivity contribution in [3.05, 3.63) is 53.6 Å². The molecule has 21 heavy (non-hydrogen) atoms. The van der Waals surface area contributed by atoms with Crippen LogP contribution in [0.2, 0.25) is 0 Å². The lowest BCUT2D eigenvalue weighted by atomic mass is 9.99. The summed E-state index contributed by atoms with van der Waals surface area (Å²) in [6.07, 6.45) is 1.85. The third-order valence-electron chi connectivity index (χ3n) is 3.85. The number of nitrogens with zero attached hydrogens (tertiary/aromatic N) is 1. The van der Waals surface area contributed by atoms with Crippen molar-refractivity contribution in [3.63, 3.8) is 0 Å². The van der Waals surface area contributed by atoms with Gasteiger partial charge in [0, 0.05) is 23.5 Å². The maximum absolute atomic E-state index is 12.8. The van der Waals surface area contributed by atoms with Gasteiger partial charge in [-0.2, -0.15) is 0 Å². The van der Waals surface area contributed by atoms with Gasteiger partial charge in [0.15, 0.2) is 0 Å². The lowest BCUT2D eigenvalue weighted by molar-refractivity contribution is 0.0985. The molecule has 2 aromatic carbocycles. The van der Waals surface area contributed by atoms with Crippen molar-refractivity contribution in [2.75, 3.05) is 24.3 Å². The first kappa shape index (κ1) is 13.5. The summed E-state index contributed by atoms with van der Waals surface area (Å²) < 4.78 is 5.19. The van der Waals surface area contributed by atoms with Gasteiger partial charge in [0.25, 0.3) is 5.91 Å². The first-order valence-corrected chi connectivity index (χ1v) is 7.04. The Labute approximate surface area is 124 Å². The van der Waals surface area contributed by atoms with Crippen LogP contribution in [-0.4, -0.2) is 19.6 Å². The highest BCUT2D eigenvalue weighted by Crippen LogP contribution is 2.32. The number of ether oxygens (including phenoxy) is 1. The van der Waals surface area contributed by atoms with Crippen LogP contribution in [0.25, 0.3) is 0 Å². The molecule has 4 heteroatoms. The van der Waals surface area contributed by atoms with Crippen LogP contribution in [0.5, 0.6) is 5.75 Å². The van der Waals surface area contributed by atoms with Crippen LogP contribution in [0, 0.1) is 0 Å². The highest BCUT2D eigenvalue weighted by atomic mass is 16.5. The molecule has 0 atom stereocenters. The largest absolute Gasteiger partial charge is 0.497 e. The Bertz CT molecular complexity index is 682. The highest BCUT2D eigenvalue weighted by Gasteiger charge is 2.24. The second kappa shape index (κ2) is 5.48. The zero-order chi connectivity index (χ0) is 14.8. The van der Waals surface area contributed by atoms with E-state index in [0.717, 1.165) is 29.8 Å². The van der Waals surface area contributed by atoms with Crippen molar-refractivity contribution < 1.29 is 9.53 Å². The number of amides is 1. The number of carbonyl (C=O) groups is 1. The zero-order valence-electron chi connectivity index (χ0n) is 12.0. The Morgan fingerprint density at radius 2 is 2.05 bits per heavy atom. The molecule has 0 radical (unpaired) electrons. The number of carbonyl (C=O) groups excluding carboxylic acids is 1. The Balaban J connectivity index is 1.98. The number of nitrogen functional groups attached to an aromatic ring is 1. The standard InChI is InChI=1S/C17H18N2O2/c1-21-13-6-2-5-12(11-13)17(20)19-10-4-7-14-15(18)8-3-9-16(14)19/h2-3,5-6,8-9,11H,4,7,10,18H2,1H3. The molecule has 0 aromatic heterocycles. The molecular weight excluding hydrogens is 264 g/mol. The van der Waals surface area contributed by atoms with E-state index in [1.54, 1.807) is 13.2 Å². The number of benzene rings is 2. The van der Waals surface area contributed by atoms with Gasteiger partial charge in [-0.25, -0.2) is 0 Å². The Hall–Kier alpha value is -2.49. The third kappa shape index (κ3) is 2.44. The molecule has 0 aliphatic carbocycles. The van der Waals surface area contributed by atoms with Crippen molar-refractivity contribution in [3.8, 4) is 5.75 Å². The predicted molar refractivity (Wildman–Crippen MR) is 83.8 cm³/mol. The lowest BCUT2D eigenvalue weighted by Gasteiger charge is -2.30. The molecule has 0 spiro atoms. The van der Waals surface area contributed by atoms with Gasteiger partial charge in [0.05, 0.1) is 7.11 Å². The van der Waals surface area contributed by atoms with Crippen LogP contribution in [0.4, 0.5) is 11.4 Å². The van der Waals surface area contributed by atoms with E-state index < -0.39 is 0 Å². The van der Waals surface area contributed by atoms with Gasteiger partial charge >= 0.3 is 0 Å². The summed E-state index contributed by atoms with van der Waals surface area (Å²) in [5.41, 5.74) is 9.41. The van der Waals surface area contributed by atoms with Crippen molar-refractivity contribution in [2.24, 2.45) is 0 Å². The summed E-state index contributed by atoms with van der Waals surface area (Å²) >= 11 is 0. The number of rotatable bonds is 2. The third-order valence-corrected chi connectivity index (χ3v) is 3.85. The summed E-state index contributed by atoms with van der Waals surface area (Å²) in [7, 11) is 1.60. The van der Waals surface area contributed by atoms with Gasteiger partial charge in [0.2, 0.25) is 0 Å². The Morgan fingerprint density at radius 1 is 1.24 bits per heavy atom. The normalized spacial score (nSPS) is 13.7. The fourth-order valence-corrected chi connectivity index (χ4v) is 2.77. The van der Waals surface area contributed by atoms with Crippen LogP contribution in [0.3, 0.4) is 0 Å². The van der Waals surface area contributed by atoms with Crippen molar-refractivity contribution >= 4 is 17.3 Å². The van der Waals surface area contributed by atoms with Crippen molar-refractivity contribution in [1.82, 2.24) is 0 Å². The van der Waals surface area contributed by atoms with Gasteiger partial charge in [0.1, 0.15) is 5.75 Å². The maximum atomic E-state index is 12.8. The molecule has 0 fully saturated rings. The molecule has 0 bridgehead atoms. The number of anilines is 2. The zero-order valence-corrected chi connectivity index (χ0v) is 12.0. The molecule has 1 aliphatic rings. The van der Waals surface area contributed by atoms with Gasteiger partial charge in [-0.1, -0.05) is 12.1 Å². The number of nitrogens with two attached hydrogens (primary N) is 1. The van der Waals surface area contributed by atoms with E-state index in [4.69, 9.17) is 10.5 Å². The Kier molecular flexibility index (Phi) is 3.52. The molecule has 4 nitrogen and oxygen atoms in total. The molecule has 0 unspecified atom stereocenters. The second-order valence-corrected chi connectivity index (χ2v) is 5.14. The van der Waals surface area contributed by atoms with E-state index in [1.807, 2.05) is 41.3 Å². The van der Waals surface area contributed by atoms with Gasteiger partial charge in [-0.15, -0.1) is 0 Å². The number of fused-ring (bicyclic) bond motifs is 1. The molecule has 2 aromatic rings. The average Bonchev–Trinajstić information content (AvgIpc) is 2.54.